The number of amides is 1. The van der Waals surface area contributed by atoms with E-state index >= 15 is 0 Å². The molecule has 0 radical (unpaired) electrons. The molecule has 1 amide bonds. The van der Waals surface area contributed by atoms with Crippen LogP contribution in [0.25, 0.3) is 0 Å². The lowest BCUT2D eigenvalue weighted by molar-refractivity contribution is 0.102. The number of para-hydroxylation sites is 2. The van der Waals surface area contributed by atoms with Crippen LogP contribution in [0.15, 0.2) is 30.5 Å². The number of nitrogens with two attached hydrogens (primary N) is 1. The van der Waals surface area contributed by atoms with Crippen LogP contribution in [0.2, 0.25) is 0 Å². The number of carbonyl (C=O) groups is 1. The third-order valence-corrected chi connectivity index (χ3v) is 2.05. The smallest absolute Gasteiger partial charge is 0.275 e. The van der Waals surface area contributed by atoms with Gasteiger partial charge in [0.15, 0.2) is 0 Å². The van der Waals surface area contributed by atoms with Gasteiger partial charge >= 0.3 is 0 Å². The summed E-state index contributed by atoms with van der Waals surface area (Å²) in [5, 5.41) is 18.1. The summed E-state index contributed by atoms with van der Waals surface area (Å²) in [5.41, 5.74) is 6.26. The lowest BCUT2D eigenvalue weighted by Gasteiger charge is -2.05. The normalized spacial score (nSPS) is 10.0. The lowest BCUT2D eigenvalue weighted by atomic mass is 10.2. The molecule has 2 aromatic rings. The molecule has 2 rings (SSSR count). The van der Waals surface area contributed by atoms with Crippen molar-refractivity contribution in [1.29, 1.82) is 0 Å². The molecule has 82 valence electrons. The summed E-state index contributed by atoms with van der Waals surface area (Å²) < 4.78 is 0. The van der Waals surface area contributed by atoms with Gasteiger partial charge in [-0.05, 0) is 12.1 Å². The Morgan fingerprint density at radius 1 is 1.44 bits per heavy atom. The average molecular weight is 218 g/mol. The largest absolute Gasteiger partial charge is 0.506 e. The fourth-order valence-electron chi connectivity index (χ4n) is 1.24. The van der Waals surface area contributed by atoms with Crippen molar-refractivity contribution in [3.05, 3.63) is 36.2 Å². The lowest BCUT2D eigenvalue weighted by Crippen LogP contribution is -2.14. The van der Waals surface area contributed by atoms with Crippen LogP contribution in [0, 0.1) is 0 Å². The number of hydrogen-bond donors (Lipinski definition) is 4. The number of aromatic nitrogens is 2. The molecule has 0 aliphatic rings. The molecule has 0 fully saturated rings. The van der Waals surface area contributed by atoms with Gasteiger partial charge in [-0.3, -0.25) is 9.89 Å². The van der Waals surface area contributed by atoms with Gasteiger partial charge in [0.2, 0.25) is 0 Å². The topological polar surface area (TPSA) is 104 Å². The Balaban J connectivity index is 2.21. The molecule has 0 saturated heterocycles. The third kappa shape index (κ3) is 1.81. The Labute approximate surface area is 91.1 Å². The fraction of sp³-hybridized carbons (Fsp3) is 0. The molecule has 0 atom stereocenters. The van der Waals surface area contributed by atoms with Crippen LogP contribution in [0.3, 0.4) is 0 Å². The van der Waals surface area contributed by atoms with Gasteiger partial charge in [0.25, 0.3) is 5.91 Å². The molecule has 0 aliphatic carbocycles. The minimum atomic E-state index is -0.448. The summed E-state index contributed by atoms with van der Waals surface area (Å²) >= 11 is 0. The van der Waals surface area contributed by atoms with Crippen molar-refractivity contribution in [1.82, 2.24) is 10.2 Å². The van der Waals surface area contributed by atoms with E-state index in [0.29, 0.717) is 5.69 Å². The molecule has 0 bridgehead atoms. The van der Waals surface area contributed by atoms with E-state index in [1.807, 2.05) is 0 Å². The number of rotatable bonds is 2. The van der Waals surface area contributed by atoms with Gasteiger partial charge in [-0.2, -0.15) is 5.10 Å². The van der Waals surface area contributed by atoms with Crippen molar-refractivity contribution in [2.24, 2.45) is 0 Å². The van der Waals surface area contributed by atoms with Gasteiger partial charge in [0.1, 0.15) is 11.4 Å². The Morgan fingerprint density at radius 3 is 2.81 bits per heavy atom. The molecule has 0 spiro atoms. The first-order chi connectivity index (χ1) is 7.68. The Hall–Kier alpha value is -2.50. The number of benzene rings is 1. The minimum Gasteiger partial charge on any atom is -0.506 e. The molecule has 6 nitrogen and oxygen atoms in total. The van der Waals surface area contributed by atoms with Gasteiger partial charge in [0.05, 0.1) is 17.6 Å². The number of nitrogens with zero attached hydrogens (tertiary/aromatic N) is 1. The molecular weight excluding hydrogens is 208 g/mol. The van der Waals surface area contributed by atoms with Crippen molar-refractivity contribution in [3.8, 4) is 5.75 Å². The predicted octanol–water partition coefficient (Wildman–Crippen LogP) is 0.950. The number of nitrogens with one attached hydrogen (secondary N) is 2. The van der Waals surface area contributed by atoms with Crippen LogP contribution in [-0.4, -0.2) is 21.2 Å². The van der Waals surface area contributed by atoms with E-state index in [1.54, 1.807) is 18.2 Å². The quantitative estimate of drug-likeness (QED) is 0.563. The van der Waals surface area contributed by atoms with Crippen LogP contribution >= 0.6 is 0 Å². The second kappa shape index (κ2) is 3.93. The highest BCUT2D eigenvalue weighted by atomic mass is 16.3. The van der Waals surface area contributed by atoms with Crippen LogP contribution in [-0.2, 0) is 0 Å². The molecule has 5 N–H and O–H groups in total. The third-order valence-electron chi connectivity index (χ3n) is 2.05. The van der Waals surface area contributed by atoms with Gasteiger partial charge in [-0.1, -0.05) is 12.1 Å². The number of aromatic amines is 1. The molecule has 1 heterocycles. The summed E-state index contributed by atoms with van der Waals surface area (Å²) in [5.74, 6) is -0.453. The highest BCUT2D eigenvalue weighted by Gasteiger charge is 2.12. The first-order valence-electron chi connectivity index (χ1n) is 4.56. The molecule has 0 aliphatic heterocycles. The molecule has 0 unspecified atom stereocenters. The number of nitrogen functional groups attached to an aromatic ring is 1. The summed E-state index contributed by atoms with van der Waals surface area (Å²) in [6.45, 7) is 0. The number of anilines is 2. The van der Waals surface area contributed by atoms with Gasteiger partial charge in [-0.25, -0.2) is 0 Å². The zero-order chi connectivity index (χ0) is 11.5. The average Bonchev–Trinajstić information content (AvgIpc) is 2.68. The molecule has 1 aromatic carbocycles. The Bertz CT molecular complexity index is 521. The SMILES string of the molecule is Nc1cn[nH]c1C(=O)Nc1ccccc1O. The highest BCUT2D eigenvalue weighted by Crippen LogP contribution is 2.22. The maximum absolute atomic E-state index is 11.7. The number of H-pyrrole nitrogens is 1. The fourth-order valence-corrected chi connectivity index (χ4v) is 1.24. The van der Waals surface area contributed by atoms with Crippen LogP contribution < -0.4 is 11.1 Å². The van der Waals surface area contributed by atoms with E-state index in [2.05, 4.69) is 15.5 Å². The predicted molar refractivity (Wildman–Crippen MR) is 59.1 cm³/mol. The standard InChI is InChI=1S/C10H10N4O2/c11-6-5-12-14-9(6)10(16)13-7-3-1-2-4-8(7)15/h1-5,15H,11H2,(H,12,14)(H,13,16). The highest BCUT2D eigenvalue weighted by molar-refractivity contribution is 6.06. The first-order valence-corrected chi connectivity index (χ1v) is 4.56. The van der Waals surface area contributed by atoms with Crippen LogP contribution in [0.5, 0.6) is 5.75 Å². The van der Waals surface area contributed by atoms with Crippen molar-refractivity contribution in [3.63, 3.8) is 0 Å². The Kier molecular flexibility index (Phi) is 2.47. The second-order valence-electron chi connectivity index (χ2n) is 3.17. The van der Waals surface area contributed by atoms with Gasteiger partial charge < -0.3 is 16.2 Å². The number of aromatic hydroxyl groups is 1. The zero-order valence-corrected chi connectivity index (χ0v) is 8.27. The number of hydrogen-bond acceptors (Lipinski definition) is 4. The van der Waals surface area contributed by atoms with E-state index in [9.17, 15) is 9.90 Å². The molecule has 1 aromatic heterocycles. The van der Waals surface area contributed by atoms with Crippen LogP contribution in [0.1, 0.15) is 10.5 Å². The molecule has 0 saturated carbocycles. The van der Waals surface area contributed by atoms with Gasteiger partial charge in [-0.15, -0.1) is 0 Å². The molecule has 6 heteroatoms. The second-order valence-corrected chi connectivity index (χ2v) is 3.17. The van der Waals surface area contributed by atoms with E-state index in [-0.39, 0.29) is 17.1 Å². The summed E-state index contributed by atoms with van der Waals surface area (Å²) in [4.78, 5) is 11.7. The van der Waals surface area contributed by atoms with Crippen molar-refractivity contribution in [2.45, 2.75) is 0 Å². The van der Waals surface area contributed by atoms with E-state index < -0.39 is 5.91 Å². The van der Waals surface area contributed by atoms with Crippen molar-refractivity contribution in [2.75, 3.05) is 11.1 Å². The first kappa shape index (κ1) is 10.0. The van der Waals surface area contributed by atoms with E-state index in [4.69, 9.17) is 5.73 Å². The van der Waals surface area contributed by atoms with Crippen molar-refractivity contribution < 1.29 is 9.90 Å². The van der Waals surface area contributed by atoms with Crippen LogP contribution in [0.4, 0.5) is 11.4 Å². The zero-order valence-electron chi connectivity index (χ0n) is 8.27. The number of phenols is 1. The monoisotopic (exact) mass is 218 g/mol. The van der Waals surface area contributed by atoms with E-state index in [0.717, 1.165) is 0 Å². The van der Waals surface area contributed by atoms with E-state index in [1.165, 1.54) is 12.3 Å². The number of carbonyl (C=O) groups excluding carboxylic acids is 1. The maximum atomic E-state index is 11.7. The summed E-state index contributed by atoms with van der Waals surface area (Å²) in [7, 11) is 0. The Morgan fingerprint density at radius 2 is 2.19 bits per heavy atom. The minimum absolute atomic E-state index is 0.00561. The summed E-state index contributed by atoms with van der Waals surface area (Å²) in [6, 6.07) is 6.42. The van der Waals surface area contributed by atoms with Gasteiger partial charge in [0, 0.05) is 0 Å². The summed E-state index contributed by atoms with van der Waals surface area (Å²) in [6.07, 6.45) is 1.35. The van der Waals surface area contributed by atoms with Crippen molar-refractivity contribution >= 4 is 17.3 Å². The molecular formula is C10H10N4O2. The maximum Gasteiger partial charge on any atom is 0.275 e. The molecule has 16 heavy (non-hydrogen) atoms. The number of phenolic OH excluding ortho intramolecular Hbond substituents is 1.